The average Bonchev–Trinajstić information content (AvgIpc) is 2.76. The van der Waals surface area contributed by atoms with Crippen LogP contribution in [0.4, 0.5) is 14.5 Å². The predicted octanol–water partition coefficient (Wildman–Crippen LogP) is 3.55. The molecule has 106 valence electrons. The lowest BCUT2D eigenvalue weighted by Crippen LogP contribution is -2.27. The summed E-state index contributed by atoms with van der Waals surface area (Å²) in [6, 6.07) is 2.27. The van der Waals surface area contributed by atoms with Gasteiger partial charge >= 0.3 is 0 Å². The van der Waals surface area contributed by atoms with Crippen LogP contribution in [0.1, 0.15) is 19.8 Å². The van der Waals surface area contributed by atoms with E-state index in [4.69, 9.17) is 0 Å². The van der Waals surface area contributed by atoms with Crippen molar-refractivity contribution < 1.29 is 8.78 Å². The van der Waals surface area contributed by atoms with Crippen molar-refractivity contribution >= 4 is 21.6 Å². The summed E-state index contributed by atoms with van der Waals surface area (Å²) >= 11 is 3.25. The molecule has 0 amide bonds. The Labute approximate surface area is 121 Å². The number of rotatable bonds is 5. The van der Waals surface area contributed by atoms with Gasteiger partial charge in [-0.2, -0.15) is 0 Å². The Morgan fingerprint density at radius 3 is 2.89 bits per heavy atom. The zero-order valence-electron chi connectivity index (χ0n) is 11.1. The highest BCUT2D eigenvalue weighted by Crippen LogP contribution is 2.33. The number of hydrogen-bond acceptors (Lipinski definition) is 2. The molecule has 1 aromatic carbocycles. The summed E-state index contributed by atoms with van der Waals surface area (Å²) in [6.45, 7) is 5.76. The van der Waals surface area contributed by atoms with Crippen molar-refractivity contribution in [1.82, 2.24) is 5.32 Å². The largest absolute Gasteiger partial charge is 0.368 e. The van der Waals surface area contributed by atoms with Gasteiger partial charge < -0.3 is 10.2 Å². The molecule has 1 unspecified atom stereocenters. The van der Waals surface area contributed by atoms with E-state index in [-0.39, 0.29) is 0 Å². The van der Waals surface area contributed by atoms with E-state index in [2.05, 4.69) is 28.2 Å². The van der Waals surface area contributed by atoms with E-state index < -0.39 is 11.6 Å². The molecule has 0 aromatic heterocycles. The molecule has 1 aliphatic heterocycles. The topological polar surface area (TPSA) is 15.3 Å². The van der Waals surface area contributed by atoms with Gasteiger partial charge in [0.25, 0.3) is 0 Å². The minimum absolute atomic E-state index is 0.486. The van der Waals surface area contributed by atoms with Crippen LogP contribution in [0, 0.1) is 17.6 Å². The quantitative estimate of drug-likeness (QED) is 0.829. The Kier molecular flexibility index (Phi) is 5.16. The molecule has 0 radical (unpaired) electrons. The van der Waals surface area contributed by atoms with Crippen LogP contribution in [0.3, 0.4) is 0 Å². The lowest BCUT2D eigenvalue weighted by molar-refractivity contribution is 0.515. The number of hydrogen-bond donors (Lipinski definition) is 1. The lowest BCUT2D eigenvalue weighted by Gasteiger charge is -2.21. The molecule has 0 aliphatic carbocycles. The third kappa shape index (κ3) is 3.66. The summed E-state index contributed by atoms with van der Waals surface area (Å²) in [4.78, 5) is 2.00. The van der Waals surface area contributed by atoms with Crippen LogP contribution >= 0.6 is 15.9 Å². The number of benzene rings is 1. The normalized spacial score (nSPS) is 19.2. The van der Waals surface area contributed by atoms with E-state index in [1.165, 1.54) is 6.07 Å². The summed E-state index contributed by atoms with van der Waals surface area (Å²) in [5.41, 5.74) is 0.486. The predicted molar refractivity (Wildman–Crippen MR) is 77.5 cm³/mol. The molecular formula is C14H19BrF2N2. The second-order valence-electron chi connectivity index (χ2n) is 5.02. The molecule has 1 aromatic rings. The van der Waals surface area contributed by atoms with Gasteiger partial charge in [0.15, 0.2) is 5.82 Å². The molecule has 2 nitrogen and oxygen atoms in total. The van der Waals surface area contributed by atoms with Gasteiger partial charge in [0.2, 0.25) is 0 Å². The molecule has 1 saturated heterocycles. The Bertz CT molecular complexity index is 416. The third-order valence-electron chi connectivity index (χ3n) is 3.44. The van der Waals surface area contributed by atoms with Gasteiger partial charge in [-0.25, -0.2) is 8.78 Å². The standard InChI is InChI=1S/C14H19BrF2N2/c1-2-4-18-8-10-3-5-19(9-10)14-12(15)6-11(16)7-13(14)17/h6-7,10,18H,2-5,8-9H2,1H3. The summed E-state index contributed by atoms with van der Waals surface area (Å²) in [5.74, 6) is -0.509. The maximum atomic E-state index is 13.9. The monoisotopic (exact) mass is 332 g/mol. The molecule has 1 atom stereocenters. The van der Waals surface area contributed by atoms with Crippen LogP contribution in [0.2, 0.25) is 0 Å². The zero-order valence-corrected chi connectivity index (χ0v) is 12.6. The number of anilines is 1. The Morgan fingerprint density at radius 1 is 1.42 bits per heavy atom. The van der Waals surface area contributed by atoms with Crippen LogP contribution in [0.5, 0.6) is 0 Å². The van der Waals surface area contributed by atoms with Gasteiger partial charge in [-0.05, 0) is 53.8 Å². The van der Waals surface area contributed by atoms with Crippen LogP contribution in [-0.2, 0) is 0 Å². The minimum Gasteiger partial charge on any atom is -0.368 e. The van der Waals surface area contributed by atoms with E-state index in [9.17, 15) is 8.78 Å². The number of nitrogens with zero attached hydrogens (tertiary/aromatic N) is 1. The van der Waals surface area contributed by atoms with Gasteiger partial charge in [0, 0.05) is 23.6 Å². The fourth-order valence-corrected chi connectivity index (χ4v) is 3.18. The van der Waals surface area contributed by atoms with E-state index in [1.54, 1.807) is 0 Å². The Morgan fingerprint density at radius 2 is 2.21 bits per heavy atom. The van der Waals surface area contributed by atoms with Gasteiger partial charge in [0.1, 0.15) is 5.82 Å². The SMILES string of the molecule is CCCNCC1CCN(c2c(F)cc(F)cc2Br)C1. The first-order chi connectivity index (χ1) is 9.11. The van der Waals surface area contributed by atoms with Crippen molar-refractivity contribution in [3.63, 3.8) is 0 Å². The molecule has 5 heteroatoms. The van der Waals surface area contributed by atoms with Gasteiger partial charge in [-0.15, -0.1) is 0 Å². The van der Waals surface area contributed by atoms with Crippen LogP contribution in [-0.4, -0.2) is 26.2 Å². The van der Waals surface area contributed by atoms with E-state index >= 15 is 0 Å². The fourth-order valence-electron chi connectivity index (χ4n) is 2.52. The van der Waals surface area contributed by atoms with E-state index in [0.717, 1.165) is 45.1 Å². The number of nitrogens with one attached hydrogen (secondary N) is 1. The first-order valence-corrected chi connectivity index (χ1v) is 7.51. The lowest BCUT2D eigenvalue weighted by atomic mass is 10.1. The molecule has 1 heterocycles. The second kappa shape index (κ2) is 6.66. The second-order valence-corrected chi connectivity index (χ2v) is 5.88. The van der Waals surface area contributed by atoms with Crippen molar-refractivity contribution in [1.29, 1.82) is 0 Å². The number of halogens is 3. The maximum Gasteiger partial charge on any atom is 0.150 e. The van der Waals surface area contributed by atoms with Crippen molar-refractivity contribution in [3.05, 3.63) is 28.2 Å². The van der Waals surface area contributed by atoms with E-state index in [0.29, 0.717) is 16.1 Å². The first kappa shape index (κ1) is 14.7. The van der Waals surface area contributed by atoms with Gasteiger partial charge in [0.05, 0.1) is 5.69 Å². The minimum atomic E-state index is -0.548. The summed E-state index contributed by atoms with van der Waals surface area (Å²) in [6.07, 6.45) is 2.16. The first-order valence-electron chi connectivity index (χ1n) is 6.72. The maximum absolute atomic E-state index is 13.9. The average molecular weight is 333 g/mol. The van der Waals surface area contributed by atoms with Gasteiger partial charge in [-0.3, -0.25) is 0 Å². The summed E-state index contributed by atoms with van der Waals surface area (Å²) < 4.78 is 27.4. The molecular weight excluding hydrogens is 314 g/mol. The zero-order chi connectivity index (χ0) is 13.8. The highest BCUT2D eigenvalue weighted by Gasteiger charge is 2.26. The molecule has 1 fully saturated rings. The molecule has 1 N–H and O–H groups in total. The van der Waals surface area contributed by atoms with Crippen LogP contribution < -0.4 is 10.2 Å². The molecule has 2 rings (SSSR count). The highest BCUT2D eigenvalue weighted by atomic mass is 79.9. The molecule has 19 heavy (non-hydrogen) atoms. The molecule has 0 saturated carbocycles. The Hall–Kier alpha value is -0.680. The van der Waals surface area contributed by atoms with Crippen molar-refractivity contribution in [2.45, 2.75) is 19.8 Å². The molecule has 0 spiro atoms. The summed E-state index contributed by atoms with van der Waals surface area (Å²) in [7, 11) is 0. The van der Waals surface area contributed by atoms with Crippen molar-refractivity contribution in [2.24, 2.45) is 5.92 Å². The van der Waals surface area contributed by atoms with E-state index in [1.807, 2.05) is 4.90 Å². The van der Waals surface area contributed by atoms with Gasteiger partial charge in [-0.1, -0.05) is 6.92 Å². The van der Waals surface area contributed by atoms with Crippen LogP contribution in [0.15, 0.2) is 16.6 Å². The third-order valence-corrected chi connectivity index (χ3v) is 4.05. The van der Waals surface area contributed by atoms with Crippen molar-refractivity contribution in [2.75, 3.05) is 31.1 Å². The van der Waals surface area contributed by atoms with Crippen molar-refractivity contribution in [3.8, 4) is 0 Å². The fraction of sp³-hybridized carbons (Fsp3) is 0.571. The summed E-state index contributed by atoms with van der Waals surface area (Å²) in [5, 5.41) is 3.40. The highest BCUT2D eigenvalue weighted by molar-refractivity contribution is 9.10. The molecule has 0 bridgehead atoms. The smallest absolute Gasteiger partial charge is 0.150 e. The van der Waals surface area contributed by atoms with Crippen LogP contribution in [0.25, 0.3) is 0 Å². The molecule has 1 aliphatic rings. The Balaban J connectivity index is 2.01.